The van der Waals surface area contributed by atoms with Gasteiger partial charge in [0.05, 0.1) is 16.6 Å². The van der Waals surface area contributed by atoms with Crippen LogP contribution in [0.5, 0.6) is 0 Å². The largest absolute Gasteiger partial charge is 0.478 e. The highest BCUT2D eigenvalue weighted by Crippen LogP contribution is 2.32. The second-order valence-electron chi connectivity index (χ2n) is 5.95. The number of nitrogens with one attached hydrogen (secondary N) is 1. The molecule has 21 heavy (non-hydrogen) atoms. The quantitative estimate of drug-likeness (QED) is 0.903. The third-order valence-corrected chi connectivity index (χ3v) is 4.26. The fourth-order valence-corrected chi connectivity index (χ4v) is 2.95. The lowest BCUT2D eigenvalue weighted by Crippen LogP contribution is -2.34. The number of ether oxygens (including phenoxy) is 1. The predicted molar refractivity (Wildman–Crippen MR) is 77.7 cm³/mol. The smallest absolute Gasteiger partial charge is 0.337 e. The zero-order valence-electron chi connectivity index (χ0n) is 11.9. The SMILES string of the molecule is CC1(Cn2c(=O)[nH]c3cccc(C(=O)O)c32)CCOCC1. The lowest BCUT2D eigenvalue weighted by atomic mass is 9.82. The van der Waals surface area contributed by atoms with Gasteiger partial charge in [0.2, 0.25) is 0 Å². The van der Waals surface area contributed by atoms with Crippen molar-refractivity contribution in [2.75, 3.05) is 13.2 Å². The minimum atomic E-state index is -1.02. The van der Waals surface area contributed by atoms with Gasteiger partial charge in [0.1, 0.15) is 0 Å². The number of nitrogens with zero attached hydrogens (tertiary/aromatic N) is 1. The molecule has 2 aromatic rings. The molecule has 0 atom stereocenters. The number of aromatic nitrogens is 2. The van der Waals surface area contributed by atoms with Gasteiger partial charge in [-0.25, -0.2) is 9.59 Å². The Morgan fingerprint density at radius 2 is 2.14 bits per heavy atom. The summed E-state index contributed by atoms with van der Waals surface area (Å²) in [7, 11) is 0. The third-order valence-electron chi connectivity index (χ3n) is 4.26. The maximum absolute atomic E-state index is 12.2. The second kappa shape index (κ2) is 5.04. The molecule has 1 aromatic heterocycles. The Balaban J connectivity index is 2.11. The number of imidazole rings is 1. The van der Waals surface area contributed by atoms with Crippen molar-refractivity contribution in [1.82, 2.24) is 9.55 Å². The van der Waals surface area contributed by atoms with E-state index >= 15 is 0 Å². The summed E-state index contributed by atoms with van der Waals surface area (Å²) >= 11 is 0. The maximum atomic E-state index is 12.2. The van der Waals surface area contributed by atoms with Crippen molar-refractivity contribution in [3.63, 3.8) is 0 Å². The summed E-state index contributed by atoms with van der Waals surface area (Å²) in [6, 6.07) is 4.90. The Morgan fingerprint density at radius 3 is 2.81 bits per heavy atom. The Bertz CT molecular complexity index is 738. The molecule has 2 N–H and O–H groups in total. The standard InChI is InChI=1S/C15H18N2O4/c1-15(5-7-21-8-6-15)9-17-12-10(13(18)19)3-2-4-11(12)16-14(17)20/h2-4H,5-9H2,1H3,(H,16,20)(H,18,19). The number of H-pyrrole nitrogens is 1. The van der Waals surface area contributed by atoms with Gasteiger partial charge >= 0.3 is 11.7 Å². The molecule has 0 unspecified atom stereocenters. The van der Waals surface area contributed by atoms with Crippen LogP contribution in [0.25, 0.3) is 11.0 Å². The first-order valence-corrected chi connectivity index (χ1v) is 7.03. The van der Waals surface area contributed by atoms with Crippen molar-refractivity contribution >= 4 is 17.0 Å². The molecule has 0 saturated carbocycles. The summed E-state index contributed by atoms with van der Waals surface area (Å²) < 4.78 is 6.93. The van der Waals surface area contributed by atoms with Gasteiger partial charge in [-0.05, 0) is 30.4 Å². The lowest BCUT2D eigenvalue weighted by molar-refractivity contribution is 0.0156. The van der Waals surface area contributed by atoms with E-state index in [0.717, 1.165) is 12.8 Å². The number of fused-ring (bicyclic) bond motifs is 1. The van der Waals surface area contributed by atoms with E-state index < -0.39 is 5.97 Å². The summed E-state index contributed by atoms with van der Waals surface area (Å²) in [5, 5.41) is 9.34. The molecule has 1 saturated heterocycles. The van der Waals surface area contributed by atoms with Gasteiger partial charge in [-0.15, -0.1) is 0 Å². The third kappa shape index (κ3) is 2.47. The summed E-state index contributed by atoms with van der Waals surface area (Å²) in [5.41, 5.74) is 0.884. The van der Waals surface area contributed by atoms with Gasteiger partial charge in [-0.3, -0.25) is 4.57 Å². The van der Waals surface area contributed by atoms with Gasteiger partial charge in [0, 0.05) is 19.8 Å². The molecule has 112 valence electrons. The van der Waals surface area contributed by atoms with Gasteiger partial charge in [-0.2, -0.15) is 0 Å². The van der Waals surface area contributed by atoms with Crippen LogP contribution < -0.4 is 5.69 Å². The van der Waals surface area contributed by atoms with Gasteiger partial charge in [0.25, 0.3) is 0 Å². The molecule has 6 heteroatoms. The first-order chi connectivity index (χ1) is 10.0. The minimum absolute atomic E-state index is 0.0528. The Morgan fingerprint density at radius 1 is 1.43 bits per heavy atom. The van der Waals surface area contributed by atoms with Gasteiger partial charge in [0.15, 0.2) is 0 Å². The zero-order chi connectivity index (χ0) is 15.0. The molecule has 1 aliphatic rings. The van der Waals surface area contributed by atoms with Gasteiger partial charge < -0.3 is 14.8 Å². The molecule has 1 fully saturated rings. The topological polar surface area (TPSA) is 84.3 Å². The summed E-state index contributed by atoms with van der Waals surface area (Å²) in [6.07, 6.45) is 1.72. The zero-order valence-corrected chi connectivity index (χ0v) is 11.9. The van der Waals surface area contributed by atoms with Crippen molar-refractivity contribution in [3.05, 3.63) is 34.2 Å². The van der Waals surface area contributed by atoms with Crippen LogP contribution >= 0.6 is 0 Å². The van der Waals surface area contributed by atoms with Crippen LogP contribution in [0, 0.1) is 5.41 Å². The van der Waals surface area contributed by atoms with E-state index in [-0.39, 0.29) is 16.7 Å². The highest BCUT2D eigenvalue weighted by Gasteiger charge is 2.29. The maximum Gasteiger partial charge on any atom is 0.337 e. The number of carboxylic acids is 1. The normalized spacial score (nSPS) is 18.0. The fraction of sp³-hybridized carbons (Fsp3) is 0.467. The number of aromatic amines is 1. The molecule has 1 aromatic carbocycles. The van der Waals surface area contributed by atoms with Crippen LogP contribution in [-0.2, 0) is 11.3 Å². The van der Waals surface area contributed by atoms with Crippen molar-refractivity contribution in [3.8, 4) is 0 Å². The summed E-state index contributed by atoms with van der Waals surface area (Å²) in [5.74, 6) is -1.02. The molecule has 1 aliphatic heterocycles. The summed E-state index contributed by atoms with van der Waals surface area (Å²) in [6.45, 7) is 3.97. The molecular formula is C15H18N2O4. The lowest BCUT2D eigenvalue weighted by Gasteiger charge is -2.33. The van der Waals surface area contributed by atoms with Crippen LogP contribution in [0.3, 0.4) is 0 Å². The number of hydrogen-bond acceptors (Lipinski definition) is 3. The molecule has 0 aliphatic carbocycles. The van der Waals surface area contributed by atoms with E-state index in [1.807, 2.05) is 0 Å². The Hall–Kier alpha value is -2.08. The van der Waals surface area contributed by atoms with Crippen molar-refractivity contribution in [2.24, 2.45) is 5.41 Å². The van der Waals surface area contributed by atoms with E-state index in [1.165, 1.54) is 6.07 Å². The van der Waals surface area contributed by atoms with E-state index in [1.54, 1.807) is 16.7 Å². The molecule has 0 bridgehead atoms. The Labute approximate surface area is 121 Å². The predicted octanol–water partition coefficient (Wildman–Crippen LogP) is 1.84. The minimum Gasteiger partial charge on any atom is -0.478 e. The van der Waals surface area contributed by atoms with Crippen molar-refractivity contribution in [2.45, 2.75) is 26.3 Å². The number of para-hydroxylation sites is 1. The monoisotopic (exact) mass is 290 g/mol. The molecular weight excluding hydrogens is 272 g/mol. The first-order valence-electron chi connectivity index (χ1n) is 7.03. The van der Waals surface area contributed by atoms with E-state index in [0.29, 0.717) is 30.8 Å². The van der Waals surface area contributed by atoms with Crippen LogP contribution in [0.15, 0.2) is 23.0 Å². The number of carboxylic acid groups (broad SMARTS) is 1. The second-order valence-corrected chi connectivity index (χ2v) is 5.95. The van der Waals surface area contributed by atoms with Crippen LogP contribution in [-0.4, -0.2) is 33.8 Å². The first kappa shape index (κ1) is 13.9. The molecule has 0 amide bonds. The number of rotatable bonds is 3. The molecule has 6 nitrogen and oxygen atoms in total. The fourth-order valence-electron chi connectivity index (χ4n) is 2.95. The van der Waals surface area contributed by atoms with Crippen molar-refractivity contribution < 1.29 is 14.6 Å². The average molecular weight is 290 g/mol. The number of carbonyl (C=O) groups is 1. The van der Waals surface area contributed by atoms with Crippen LogP contribution in [0.1, 0.15) is 30.1 Å². The molecule has 0 radical (unpaired) electrons. The molecule has 2 heterocycles. The number of benzene rings is 1. The highest BCUT2D eigenvalue weighted by molar-refractivity contribution is 6.01. The summed E-state index contributed by atoms with van der Waals surface area (Å²) in [4.78, 5) is 26.4. The molecule has 0 spiro atoms. The Kier molecular flexibility index (Phi) is 3.33. The van der Waals surface area contributed by atoms with E-state index in [9.17, 15) is 14.7 Å². The highest BCUT2D eigenvalue weighted by atomic mass is 16.5. The number of aromatic carboxylic acids is 1. The van der Waals surface area contributed by atoms with E-state index in [2.05, 4.69) is 11.9 Å². The van der Waals surface area contributed by atoms with Crippen LogP contribution in [0.4, 0.5) is 0 Å². The molecule has 3 rings (SSSR count). The van der Waals surface area contributed by atoms with Gasteiger partial charge in [-0.1, -0.05) is 13.0 Å². The number of hydrogen-bond donors (Lipinski definition) is 2. The average Bonchev–Trinajstić information content (AvgIpc) is 2.75. The van der Waals surface area contributed by atoms with E-state index in [4.69, 9.17) is 4.74 Å². The van der Waals surface area contributed by atoms with Crippen molar-refractivity contribution in [1.29, 1.82) is 0 Å². The van der Waals surface area contributed by atoms with Crippen LogP contribution in [0.2, 0.25) is 0 Å².